The van der Waals surface area contributed by atoms with Crippen molar-refractivity contribution in [1.82, 2.24) is 9.80 Å². The molecule has 0 atom stereocenters. The summed E-state index contributed by atoms with van der Waals surface area (Å²) in [6, 6.07) is 11.2. The molecule has 0 saturated carbocycles. The maximum absolute atomic E-state index is 12.2. The van der Waals surface area contributed by atoms with Crippen LogP contribution >= 0.6 is 23.8 Å². The fourth-order valence-electron chi connectivity index (χ4n) is 4.51. The van der Waals surface area contributed by atoms with Crippen molar-refractivity contribution in [2.75, 3.05) is 32.8 Å². The number of aliphatic carboxylic acids is 1. The number of ether oxygens (including phenoxy) is 1. The topological polar surface area (TPSA) is 96.1 Å². The molecule has 0 aliphatic carbocycles. The van der Waals surface area contributed by atoms with E-state index in [1.165, 1.54) is 21.6 Å². The van der Waals surface area contributed by atoms with Crippen LogP contribution < -0.4 is 10.5 Å². The predicted molar refractivity (Wildman–Crippen MR) is 157 cm³/mol. The van der Waals surface area contributed by atoms with E-state index in [9.17, 15) is 9.59 Å². The lowest BCUT2D eigenvalue weighted by atomic mass is 9.97. The molecule has 9 heteroatoms. The Hall–Kier alpha value is -2.68. The molecular formula is C29H40ClN3O4S. The molecular weight excluding hydrogens is 522 g/mol. The number of rotatable bonds is 9. The van der Waals surface area contributed by atoms with E-state index in [2.05, 4.69) is 32.9 Å². The number of nitrogens with two attached hydrogens (primary N) is 1. The second-order valence-corrected chi connectivity index (χ2v) is 10.6. The standard InChI is InChI=1S/C17H25NO3.C12H15ClN2OS/c1-12-8-13(2)17(14(3)9-12)21-11-15-4-6-18(7-5-15)10-16(19)20;1-2-3-8-15(12(14)17)11(16)9-6-4-5-7-10(9)13/h8-9,15H,4-7,10-11H2,1-3H3,(H,19,20);4-7H,2-3,8H2,1H3,(H2,14,17). The molecule has 38 heavy (non-hydrogen) atoms. The van der Waals surface area contributed by atoms with Gasteiger partial charge < -0.3 is 15.6 Å². The van der Waals surface area contributed by atoms with E-state index in [1.807, 2.05) is 11.8 Å². The van der Waals surface area contributed by atoms with Crippen LogP contribution in [0.3, 0.4) is 0 Å². The van der Waals surface area contributed by atoms with Gasteiger partial charge in [0, 0.05) is 6.54 Å². The Kier molecular flexibility index (Phi) is 13.0. The Balaban J connectivity index is 0.000000273. The summed E-state index contributed by atoms with van der Waals surface area (Å²) in [5.41, 5.74) is 9.63. The molecule has 1 aliphatic rings. The van der Waals surface area contributed by atoms with Gasteiger partial charge in [-0.1, -0.05) is 54.8 Å². The number of hydrogen-bond donors (Lipinski definition) is 2. The Labute approximate surface area is 236 Å². The Bertz CT molecular complexity index is 1080. The van der Waals surface area contributed by atoms with Crippen molar-refractivity contribution < 1.29 is 19.4 Å². The lowest BCUT2D eigenvalue weighted by Gasteiger charge is -2.30. The number of likely N-dealkylation sites (tertiary alicyclic amines) is 1. The molecule has 2 aromatic carbocycles. The molecule has 1 fully saturated rings. The molecule has 1 saturated heterocycles. The van der Waals surface area contributed by atoms with Crippen molar-refractivity contribution in [2.45, 2.75) is 53.4 Å². The quantitative estimate of drug-likeness (QED) is 0.384. The first-order valence-corrected chi connectivity index (χ1v) is 13.8. The summed E-state index contributed by atoms with van der Waals surface area (Å²) >= 11 is 10.9. The third-order valence-electron chi connectivity index (χ3n) is 6.48. The van der Waals surface area contributed by atoms with Gasteiger partial charge in [-0.25, -0.2) is 0 Å². The van der Waals surface area contributed by atoms with Gasteiger partial charge in [0.15, 0.2) is 5.11 Å². The summed E-state index contributed by atoms with van der Waals surface area (Å²) in [7, 11) is 0. The number of amides is 1. The summed E-state index contributed by atoms with van der Waals surface area (Å²) in [4.78, 5) is 26.3. The zero-order chi connectivity index (χ0) is 28.2. The van der Waals surface area contributed by atoms with E-state index in [4.69, 9.17) is 39.4 Å². The van der Waals surface area contributed by atoms with Gasteiger partial charge >= 0.3 is 5.97 Å². The minimum Gasteiger partial charge on any atom is -0.493 e. The van der Waals surface area contributed by atoms with Gasteiger partial charge in [0.05, 0.1) is 23.7 Å². The number of aryl methyl sites for hydroxylation is 3. The van der Waals surface area contributed by atoms with Gasteiger partial charge in [-0.3, -0.25) is 19.4 Å². The first-order chi connectivity index (χ1) is 18.0. The van der Waals surface area contributed by atoms with Crippen LogP contribution in [0.4, 0.5) is 0 Å². The van der Waals surface area contributed by atoms with Crippen LogP contribution in [0.15, 0.2) is 36.4 Å². The lowest BCUT2D eigenvalue weighted by Crippen LogP contribution is -2.41. The minimum absolute atomic E-state index is 0.0865. The van der Waals surface area contributed by atoms with Gasteiger partial charge in [-0.05, 0) is 94.5 Å². The molecule has 3 N–H and O–H groups in total. The van der Waals surface area contributed by atoms with Crippen LogP contribution in [0.1, 0.15) is 59.7 Å². The molecule has 208 valence electrons. The number of thiocarbonyl (C=S) groups is 1. The number of piperidine rings is 1. The van der Waals surface area contributed by atoms with E-state index in [0.29, 0.717) is 23.0 Å². The number of halogens is 1. The number of carbonyl (C=O) groups excluding carboxylic acids is 1. The number of nitrogens with zero attached hydrogens (tertiary/aromatic N) is 2. The first-order valence-electron chi connectivity index (χ1n) is 13.0. The maximum Gasteiger partial charge on any atom is 0.317 e. The van der Waals surface area contributed by atoms with Crippen molar-refractivity contribution in [3.63, 3.8) is 0 Å². The number of unbranched alkanes of at least 4 members (excludes halogenated alkanes) is 1. The summed E-state index contributed by atoms with van der Waals surface area (Å²) in [5.74, 6) is 0.552. The average molecular weight is 562 g/mol. The SMILES string of the molecule is CCCCN(C(=O)c1ccccc1Cl)C(N)=S.Cc1cc(C)c(OCC2CCN(CC(=O)O)CC2)c(C)c1. The summed E-state index contributed by atoms with van der Waals surface area (Å²) in [6.45, 7) is 11.4. The first kappa shape index (κ1) is 31.5. The minimum atomic E-state index is -0.740. The van der Waals surface area contributed by atoms with Gasteiger partial charge in [-0.15, -0.1) is 0 Å². The zero-order valence-corrected chi connectivity index (χ0v) is 24.4. The van der Waals surface area contributed by atoms with Crippen LogP contribution in [0.2, 0.25) is 5.02 Å². The number of benzene rings is 2. The second kappa shape index (κ2) is 15.7. The van der Waals surface area contributed by atoms with Gasteiger partial charge in [-0.2, -0.15) is 0 Å². The molecule has 0 spiro atoms. The van der Waals surface area contributed by atoms with Crippen molar-refractivity contribution >= 4 is 40.8 Å². The number of hydrogen-bond acceptors (Lipinski definition) is 5. The van der Waals surface area contributed by atoms with Crippen LogP contribution in [0, 0.1) is 26.7 Å². The molecule has 0 unspecified atom stereocenters. The van der Waals surface area contributed by atoms with Crippen LogP contribution in [0.5, 0.6) is 5.75 Å². The highest BCUT2D eigenvalue weighted by Gasteiger charge is 2.22. The Morgan fingerprint density at radius 3 is 2.29 bits per heavy atom. The Morgan fingerprint density at radius 2 is 1.76 bits per heavy atom. The van der Waals surface area contributed by atoms with Gasteiger partial charge in [0.25, 0.3) is 5.91 Å². The van der Waals surface area contributed by atoms with E-state index < -0.39 is 5.97 Å². The van der Waals surface area contributed by atoms with E-state index >= 15 is 0 Å². The molecule has 7 nitrogen and oxygen atoms in total. The van der Waals surface area contributed by atoms with Crippen LogP contribution in [-0.2, 0) is 4.79 Å². The predicted octanol–water partition coefficient (Wildman–Crippen LogP) is 5.61. The fourth-order valence-corrected chi connectivity index (χ4v) is 4.90. The second-order valence-electron chi connectivity index (χ2n) is 9.78. The molecule has 0 radical (unpaired) electrons. The van der Waals surface area contributed by atoms with Crippen molar-refractivity contribution in [2.24, 2.45) is 11.7 Å². The van der Waals surface area contributed by atoms with Gasteiger partial charge in [0.1, 0.15) is 5.75 Å². The maximum atomic E-state index is 12.2. The zero-order valence-electron chi connectivity index (χ0n) is 22.8. The third kappa shape index (κ3) is 9.89. The molecule has 3 rings (SSSR count). The van der Waals surface area contributed by atoms with Gasteiger partial charge in [0.2, 0.25) is 0 Å². The van der Waals surface area contributed by atoms with Crippen molar-refractivity contribution in [1.29, 1.82) is 0 Å². The summed E-state index contributed by atoms with van der Waals surface area (Å²) in [5, 5.41) is 9.30. The highest BCUT2D eigenvalue weighted by Crippen LogP contribution is 2.26. The van der Waals surface area contributed by atoms with E-state index in [1.54, 1.807) is 24.3 Å². The summed E-state index contributed by atoms with van der Waals surface area (Å²) < 4.78 is 6.04. The molecule has 1 aliphatic heterocycles. The highest BCUT2D eigenvalue weighted by molar-refractivity contribution is 7.80. The number of carbonyl (C=O) groups is 2. The monoisotopic (exact) mass is 561 g/mol. The van der Waals surface area contributed by atoms with E-state index in [-0.39, 0.29) is 17.6 Å². The largest absolute Gasteiger partial charge is 0.493 e. The van der Waals surface area contributed by atoms with Crippen molar-refractivity contribution in [3.05, 3.63) is 63.7 Å². The molecule has 1 heterocycles. The average Bonchev–Trinajstić information content (AvgIpc) is 2.84. The summed E-state index contributed by atoms with van der Waals surface area (Å²) in [6.07, 6.45) is 3.84. The smallest absolute Gasteiger partial charge is 0.317 e. The van der Waals surface area contributed by atoms with Crippen molar-refractivity contribution in [3.8, 4) is 5.75 Å². The normalized spacial score (nSPS) is 13.8. The van der Waals surface area contributed by atoms with Crippen LogP contribution in [-0.4, -0.2) is 64.7 Å². The highest BCUT2D eigenvalue weighted by atomic mass is 35.5. The Morgan fingerprint density at radius 1 is 1.16 bits per heavy atom. The van der Waals surface area contributed by atoms with E-state index in [0.717, 1.165) is 51.1 Å². The fraction of sp³-hybridized carbons (Fsp3) is 0.483. The molecule has 0 bridgehead atoms. The number of carboxylic acids is 1. The van der Waals surface area contributed by atoms with Crippen LogP contribution in [0.25, 0.3) is 0 Å². The molecule has 2 aromatic rings. The number of carboxylic acid groups (broad SMARTS) is 1. The molecule has 0 aromatic heterocycles. The molecule has 1 amide bonds. The lowest BCUT2D eigenvalue weighted by molar-refractivity contribution is -0.138. The third-order valence-corrected chi connectivity index (χ3v) is 7.03.